The van der Waals surface area contributed by atoms with Gasteiger partial charge in [-0.3, -0.25) is 4.99 Å². The Morgan fingerprint density at radius 2 is 2.10 bits per heavy atom. The number of ether oxygens (including phenoxy) is 2. The quantitative estimate of drug-likeness (QED) is 0.439. The molecule has 0 aromatic heterocycles. The molecule has 0 radical (unpaired) electrons. The van der Waals surface area contributed by atoms with Gasteiger partial charge in [0.15, 0.2) is 17.5 Å². The number of guanidine groups is 1. The van der Waals surface area contributed by atoms with Crippen LogP contribution < -0.4 is 20.1 Å². The average molecular weight is 311 g/mol. The van der Waals surface area contributed by atoms with Crippen molar-refractivity contribution in [3.05, 3.63) is 18.2 Å². The van der Waals surface area contributed by atoms with Gasteiger partial charge in [-0.15, -0.1) is 0 Å². The summed E-state index contributed by atoms with van der Waals surface area (Å²) in [5.74, 6) is 3.24. The topological polar surface area (TPSA) is 54.9 Å². The molecule has 0 atom stereocenters. The molecule has 0 saturated heterocycles. The van der Waals surface area contributed by atoms with E-state index < -0.39 is 0 Å². The third kappa shape index (κ3) is 6.16. The highest BCUT2D eigenvalue weighted by molar-refractivity contribution is 7.98. The molecule has 1 aromatic rings. The van der Waals surface area contributed by atoms with Gasteiger partial charge < -0.3 is 20.1 Å². The first kappa shape index (κ1) is 17.5. The first-order valence-corrected chi connectivity index (χ1v) is 8.49. The maximum absolute atomic E-state index is 5.58. The SMILES string of the molecule is CCNC(=NCCSC)Nc1ccc(OC)c(OCC)c1. The summed E-state index contributed by atoms with van der Waals surface area (Å²) in [5.41, 5.74) is 0.920. The van der Waals surface area contributed by atoms with E-state index in [1.54, 1.807) is 18.9 Å². The molecule has 2 N–H and O–H groups in total. The summed E-state index contributed by atoms with van der Waals surface area (Å²) in [6.45, 7) is 6.20. The lowest BCUT2D eigenvalue weighted by Gasteiger charge is -2.14. The molecular formula is C15H25N3O2S. The van der Waals surface area contributed by atoms with E-state index in [0.717, 1.165) is 42.0 Å². The van der Waals surface area contributed by atoms with Gasteiger partial charge in [-0.1, -0.05) is 0 Å². The summed E-state index contributed by atoms with van der Waals surface area (Å²) in [7, 11) is 1.64. The van der Waals surface area contributed by atoms with Gasteiger partial charge in [0, 0.05) is 24.1 Å². The normalized spacial score (nSPS) is 11.1. The van der Waals surface area contributed by atoms with Gasteiger partial charge in [-0.05, 0) is 32.2 Å². The Kier molecular flexibility index (Phi) is 8.50. The predicted molar refractivity (Wildman–Crippen MR) is 92.1 cm³/mol. The van der Waals surface area contributed by atoms with Crippen LogP contribution in [0.4, 0.5) is 5.69 Å². The van der Waals surface area contributed by atoms with Crippen molar-refractivity contribution < 1.29 is 9.47 Å². The smallest absolute Gasteiger partial charge is 0.195 e. The zero-order chi connectivity index (χ0) is 15.5. The van der Waals surface area contributed by atoms with Crippen LogP contribution in [0.15, 0.2) is 23.2 Å². The zero-order valence-electron chi connectivity index (χ0n) is 13.2. The van der Waals surface area contributed by atoms with E-state index in [-0.39, 0.29) is 0 Å². The number of nitrogens with one attached hydrogen (secondary N) is 2. The number of benzene rings is 1. The molecule has 0 heterocycles. The van der Waals surface area contributed by atoms with Crippen LogP contribution in [-0.2, 0) is 0 Å². The number of rotatable bonds is 8. The number of methoxy groups -OCH3 is 1. The number of anilines is 1. The van der Waals surface area contributed by atoms with Crippen LogP contribution in [0.5, 0.6) is 11.5 Å². The summed E-state index contributed by atoms with van der Waals surface area (Å²) in [6, 6.07) is 5.76. The molecule has 0 aliphatic carbocycles. The average Bonchev–Trinajstić information content (AvgIpc) is 2.48. The van der Waals surface area contributed by atoms with Crippen LogP contribution in [0, 0.1) is 0 Å². The number of aliphatic imine (C=N–C) groups is 1. The van der Waals surface area contributed by atoms with Gasteiger partial charge in [0.1, 0.15) is 0 Å². The van der Waals surface area contributed by atoms with E-state index in [9.17, 15) is 0 Å². The van der Waals surface area contributed by atoms with Crippen molar-refractivity contribution in [3.8, 4) is 11.5 Å². The van der Waals surface area contributed by atoms with Crippen molar-refractivity contribution in [2.24, 2.45) is 4.99 Å². The molecule has 0 saturated carbocycles. The lowest BCUT2D eigenvalue weighted by atomic mass is 10.2. The number of hydrogen-bond donors (Lipinski definition) is 2. The molecule has 0 fully saturated rings. The lowest BCUT2D eigenvalue weighted by Crippen LogP contribution is -2.30. The third-order valence-electron chi connectivity index (χ3n) is 2.64. The molecule has 6 heteroatoms. The first-order valence-electron chi connectivity index (χ1n) is 7.10. The fourth-order valence-electron chi connectivity index (χ4n) is 1.72. The Bertz CT molecular complexity index is 453. The van der Waals surface area contributed by atoms with Crippen molar-refractivity contribution in [3.63, 3.8) is 0 Å². The van der Waals surface area contributed by atoms with Gasteiger partial charge in [0.2, 0.25) is 0 Å². The molecule has 0 bridgehead atoms. The second-order valence-corrected chi connectivity index (χ2v) is 5.16. The molecule has 0 aliphatic heterocycles. The Morgan fingerprint density at radius 3 is 2.71 bits per heavy atom. The largest absolute Gasteiger partial charge is 0.493 e. The van der Waals surface area contributed by atoms with E-state index in [1.807, 2.05) is 32.0 Å². The summed E-state index contributed by atoms with van der Waals surface area (Å²) in [5, 5.41) is 6.51. The van der Waals surface area contributed by atoms with Crippen LogP contribution in [0.2, 0.25) is 0 Å². The second-order valence-electron chi connectivity index (χ2n) is 4.18. The molecule has 1 rings (SSSR count). The summed E-state index contributed by atoms with van der Waals surface area (Å²) in [4.78, 5) is 4.52. The number of thioether (sulfide) groups is 1. The standard InChI is InChI=1S/C15H25N3O2S/c1-5-16-15(17-9-10-21-4)18-12-7-8-13(19-3)14(11-12)20-6-2/h7-8,11H,5-6,9-10H2,1-4H3,(H2,16,17,18). The first-order chi connectivity index (χ1) is 10.2. The minimum absolute atomic E-state index is 0.599. The van der Waals surface area contributed by atoms with E-state index in [2.05, 4.69) is 21.9 Å². The van der Waals surface area contributed by atoms with E-state index in [0.29, 0.717) is 6.61 Å². The van der Waals surface area contributed by atoms with Crippen molar-refractivity contribution >= 4 is 23.4 Å². The van der Waals surface area contributed by atoms with E-state index in [4.69, 9.17) is 9.47 Å². The lowest BCUT2D eigenvalue weighted by molar-refractivity contribution is 0.311. The summed E-state index contributed by atoms with van der Waals surface area (Å²) >= 11 is 1.78. The number of nitrogens with zero attached hydrogens (tertiary/aromatic N) is 1. The van der Waals surface area contributed by atoms with Gasteiger partial charge in [-0.25, -0.2) is 0 Å². The Morgan fingerprint density at radius 1 is 1.29 bits per heavy atom. The van der Waals surface area contributed by atoms with Crippen molar-refractivity contribution in [2.45, 2.75) is 13.8 Å². The van der Waals surface area contributed by atoms with Crippen LogP contribution in [0.25, 0.3) is 0 Å². The van der Waals surface area contributed by atoms with Crippen molar-refractivity contribution in [2.75, 3.05) is 44.1 Å². The van der Waals surface area contributed by atoms with E-state index >= 15 is 0 Å². The van der Waals surface area contributed by atoms with Gasteiger partial charge in [0.25, 0.3) is 0 Å². The van der Waals surface area contributed by atoms with Crippen LogP contribution >= 0.6 is 11.8 Å². The van der Waals surface area contributed by atoms with Crippen molar-refractivity contribution in [1.29, 1.82) is 0 Å². The molecule has 5 nitrogen and oxygen atoms in total. The maximum atomic E-state index is 5.58. The minimum Gasteiger partial charge on any atom is -0.493 e. The molecule has 0 spiro atoms. The molecule has 0 unspecified atom stereocenters. The third-order valence-corrected chi connectivity index (χ3v) is 3.23. The maximum Gasteiger partial charge on any atom is 0.195 e. The zero-order valence-corrected chi connectivity index (χ0v) is 14.0. The monoisotopic (exact) mass is 311 g/mol. The van der Waals surface area contributed by atoms with Gasteiger partial charge in [0.05, 0.1) is 20.3 Å². The fourth-order valence-corrected chi connectivity index (χ4v) is 1.99. The Hall–Kier alpha value is -1.56. The minimum atomic E-state index is 0.599. The molecule has 21 heavy (non-hydrogen) atoms. The summed E-state index contributed by atoms with van der Waals surface area (Å²) in [6.07, 6.45) is 2.08. The predicted octanol–water partition coefficient (Wildman–Crippen LogP) is 2.83. The molecule has 118 valence electrons. The highest BCUT2D eigenvalue weighted by Crippen LogP contribution is 2.30. The molecule has 0 aliphatic rings. The van der Waals surface area contributed by atoms with Gasteiger partial charge in [-0.2, -0.15) is 11.8 Å². The fraction of sp³-hybridized carbons (Fsp3) is 0.533. The highest BCUT2D eigenvalue weighted by Gasteiger charge is 2.06. The van der Waals surface area contributed by atoms with Crippen LogP contribution in [0.3, 0.4) is 0 Å². The highest BCUT2D eigenvalue weighted by atomic mass is 32.2. The molecule has 1 aromatic carbocycles. The summed E-state index contributed by atoms with van der Waals surface area (Å²) < 4.78 is 10.9. The van der Waals surface area contributed by atoms with Crippen LogP contribution in [-0.4, -0.2) is 44.8 Å². The molecule has 0 amide bonds. The van der Waals surface area contributed by atoms with Gasteiger partial charge >= 0.3 is 0 Å². The second kappa shape index (κ2) is 10.2. The number of hydrogen-bond acceptors (Lipinski definition) is 4. The Labute approximate surface area is 131 Å². The van der Waals surface area contributed by atoms with E-state index in [1.165, 1.54) is 0 Å². The van der Waals surface area contributed by atoms with Crippen molar-refractivity contribution in [1.82, 2.24) is 5.32 Å². The molecular weight excluding hydrogens is 286 g/mol. The Balaban J connectivity index is 2.82. The van der Waals surface area contributed by atoms with Crippen LogP contribution in [0.1, 0.15) is 13.8 Å².